The molecule has 1 heterocycles. The second kappa shape index (κ2) is 7.90. The second-order valence-corrected chi connectivity index (χ2v) is 8.06. The smallest absolute Gasteiger partial charge is 0.263 e. The molecule has 31 heavy (non-hydrogen) atoms. The van der Waals surface area contributed by atoms with Gasteiger partial charge in [-0.25, -0.2) is 0 Å². The van der Waals surface area contributed by atoms with Gasteiger partial charge in [-0.05, 0) is 53.8 Å². The molecule has 1 aromatic heterocycles. The number of rotatable bonds is 3. The van der Waals surface area contributed by atoms with E-state index in [1.807, 2.05) is 96.4 Å². The summed E-state index contributed by atoms with van der Waals surface area (Å²) < 4.78 is 1.83. The average molecular weight is 422 g/mol. The third-order valence-electron chi connectivity index (χ3n) is 5.55. The first-order valence-electron chi connectivity index (χ1n) is 10.2. The van der Waals surface area contributed by atoms with Gasteiger partial charge in [0.1, 0.15) is 0 Å². The Labute approximate surface area is 186 Å². The maximum atomic E-state index is 13.8. The Morgan fingerprint density at radius 3 is 1.94 bits per heavy atom. The van der Waals surface area contributed by atoms with E-state index >= 15 is 0 Å². The summed E-state index contributed by atoms with van der Waals surface area (Å²) >= 11 is 6.39. The van der Waals surface area contributed by atoms with Gasteiger partial charge in [0.2, 0.25) is 0 Å². The Balaban J connectivity index is 2.03. The standard InChI is InChI=1S/C28H20ClNO/c1-19-12-15-23(16-13-19)30-27(21-10-6-3-7-11-21)26(20-8-4-2-5-9-20)25-18-22(29)14-17-24(25)28(30)31/h2-18H,1H3. The highest BCUT2D eigenvalue weighted by molar-refractivity contribution is 6.31. The monoisotopic (exact) mass is 421 g/mol. The topological polar surface area (TPSA) is 22.0 Å². The molecule has 0 aliphatic carbocycles. The highest BCUT2D eigenvalue weighted by atomic mass is 35.5. The lowest BCUT2D eigenvalue weighted by molar-refractivity contribution is 1.02. The zero-order valence-corrected chi connectivity index (χ0v) is 17.8. The van der Waals surface area contributed by atoms with Crippen LogP contribution in [0.4, 0.5) is 0 Å². The Kier molecular flexibility index (Phi) is 4.93. The molecule has 3 heteroatoms. The van der Waals surface area contributed by atoms with Crippen LogP contribution in [0.1, 0.15) is 5.56 Å². The van der Waals surface area contributed by atoms with E-state index in [2.05, 4.69) is 12.1 Å². The van der Waals surface area contributed by atoms with Crippen LogP contribution < -0.4 is 5.56 Å². The van der Waals surface area contributed by atoms with Crippen LogP contribution in [0.25, 0.3) is 38.8 Å². The normalized spacial score (nSPS) is 11.0. The molecule has 0 saturated heterocycles. The Morgan fingerprint density at radius 2 is 1.29 bits per heavy atom. The van der Waals surface area contributed by atoms with E-state index < -0.39 is 0 Å². The maximum absolute atomic E-state index is 13.8. The van der Waals surface area contributed by atoms with Crippen molar-refractivity contribution in [1.29, 1.82) is 0 Å². The van der Waals surface area contributed by atoms with Crippen molar-refractivity contribution in [2.75, 3.05) is 0 Å². The van der Waals surface area contributed by atoms with E-state index in [4.69, 9.17) is 11.6 Å². The first-order valence-corrected chi connectivity index (χ1v) is 10.6. The molecule has 0 N–H and O–H groups in total. The second-order valence-electron chi connectivity index (χ2n) is 7.62. The Hall–Kier alpha value is -3.62. The number of aryl methyl sites for hydroxylation is 1. The number of fused-ring (bicyclic) bond motifs is 1. The summed E-state index contributed by atoms with van der Waals surface area (Å²) in [6.45, 7) is 2.04. The molecule has 5 rings (SSSR count). The van der Waals surface area contributed by atoms with Crippen molar-refractivity contribution >= 4 is 22.4 Å². The molecule has 0 aliphatic rings. The van der Waals surface area contributed by atoms with Gasteiger partial charge in [0.15, 0.2) is 0 Å². The van der Waals surface area contributed by atoms with Crippen LogP contribution in [0, 0.1) is 6.92 Å². The van der Waals surface area contributed by atoms with Crippen molar-refractivity contribution < 1.29 is 0 Å². The van der Waals surface area contributed by atoms with Crippen molar-refractivity contribution in [3.8, 4) is 28.1 Å². The summed E-state index contributed by atoms with van der Waals surface area (Å²) in [4.78, 5) is 13.8. The number of hydrogen-bond donors (Lipinski definition) is 0. The van der Waals surface area contributed by atoms with Crippen molar-refractivity contribution in [2.45, 2.75) is 6.92 Å². The van der Waals surface area contributed by atoms with Crippen molar-refractivity contribution in [1.82, 2.24) is 4.57 Å². The molecule has 0 bridgehead atoms. The van der Waals surface area contributed by atoms with E-state index in [1.165, 1.54) is 0 Å². The lowest BCUT2D eigenvalue weighted by Crippen LogP contribution is -2.21. The summed E-state index contributed by atoms with van der Waals surface area (Å²) in [6.07, 6.45) is 0. The van der Waals surface area contributed by atoms with E-state index in [-0.39, 0.29) is 5.56 Å². The molecule has 2 nitrogen and oxygen atoms in total. The zero-order chi connectivity index (χ0) is 21.4. The molecule has 0 amide bonds. The van der Waals surface area contributed by atoms with Crippen LogP contribution in [-0.4, -0.2) is 4.57 Å². The van der Waals surface area contributed by atoms with Gasteiger partial charge in [0, 0.05) is 21.7 Å². The van der Waals surface area contributed by atoms with Gasteiger partial charge in [-0.2, -0.15) is 0 Å². The van der Waals surface area contributed by atoms with Gasteiger partial charge in [-0.3, -0.25) is 9.36 Å². The van der Waals surface area contributed by atoms with Crippen LogP contribution >= 0.6 is 11.6 Å². The SMILES string of the molecule is Cc1ccc(-n2c(-c3ccccc3)c(-c3ccccc3)c3cc(Cl)ccc3c2=O)cc1. The molecule has 0 saturated carbocycles. The molecule has 0 unspecified atom stereocenters. The molecule has 0 atom stereocenters. The number of aromatic nitrogens is 1. The van der Waals surface area contributed by atoms with Crippen LogP contribution in [0.3, 0.4) is 0 Å². The predicted molar refractivity (Wildman–Crippen MR) is 130 cm³/mol. The minimum Gasteiger partial charge on any atom is -0.276 e. The fourth-order valence-corrected chi connectivity index (χ4v) is 4.25. The molecule has 0 spiro atoms. The molecule has 150 valence electrons. The fourth-order valence-electron chi connectivity index (χ4n) is 4.08. The van der Waals surface area contributed by atoms with Crippen LogP contribution in [-0.2, 0) is 0 Å². The summed E-state index contributed by atoms with van der Waals surface area (Å²) in [5.41, 5.74) is 5.78. The number of benzene rings is 4. The first-order chi connectivity index (χ1) is 15.1. The van der Waals surface area contributed by atoms with Crippen molar-refractivity contribution in [3.05, 3.63) is 124 Å². The van der Waals surface area contributed by atoms with Gasteiger partial charge in [-0.15, -0.1) is 0 Å². The summed E-state index contributed by atoms with van der Waals surface area (Å²) in [5, 5.41) is 2.10. The third-order valence-corrected chi connectivity index (χ3v) is 5.78. The summed E-state index contributed by atoms with van der Waals surface area (Å²) in [5.74, 6) is 0. The number of halogens is 1. The largest absolute Gasteiger partial charge is 0.276 e. The van der Waals surface area contributed by atoms with Gasteiger partial charge in [0.05, 0.1) is 5.69 Å². The molecular weight excluding hydrogens is 402 g/mol. The maximum Gasteiger partial charge on any atom is 0.263 e. The third kappa shape index (κ3) is 3.45. The number of nitrogens with zero attached hydrogens (tertiary/aromatic N) is 1. The van der Waals surface area contributed by atoms with E-state index in [0.717, 1.165) is 39.0 Å². The van der Waals surface area contributed by atoms with Crippen LogP contribution in [0.2, 0.25) is 5.02 Å². The highest BCUT2D eigenvalue weighted by Gasteiger charge is 2.20. The summed E-state index contributed by atoms with van der Waals surface area (Å²) in [7, 11) is 0. The Morgan fingerprint density at radius 1 is 0.677 bits per heavy atom. The van der Waals surface area contributed by atoms with Crippen LogP contribution in [0.5, 0.6) is 0 Å². The minimum absolute atomic E-state index is 0.0611. The van der Waals surface area contributed by atoms with Gasteiger partial charge in [0.25, 0.3) is 5.56 Å². The predicted octanol–water partition coefficient (Wildman–Crippen LogP) is 7.29. The van der Waals surface area contributed by atoms with Gasteiger partial charge < -0.3 is 0 Å². The van der Waals surface area contributed by atoms with Gasteiger partial charge in [-0.1, -0.05) is 90.0 Å². The number of pyridine rings is 1. The number of hydrogen-bond acceptors (Lipinski definition) is 1. The van der Waals surface area contributed by atoms with Gasteiger partial charge >= 0.3 is 0 Å². The van der Waals surface area contributed by atoms with Crippen LogP contribution in [0.15, 0.2) is 108 Å². The molecule has 5 aromatic rings. The quantitative estimate of drug-likeness (QED) is 0.300. The molecule has 0 fully saturated rings. The molecular formula is C28H20ClNO. The zero-order valence-electron chi connectivity index (χ0n) is 17.0. The molecule has 4 aromatic carbocycles. The summed E-state index contributed by atoms with van der Waals surface area (Å²) in [6, 6.07) is 33.8. The molecule has 0 radical (unpaired) electrons. The van der Waals surface area contributed by atoms with E-state index in [0.29, 0.717) is 10.4 Å². The van der Waals surface area contributed by atoms with E-state index in [9.17, 15) is 4.79 Å². The Bertz CT molecular complexity index is 1440. The average Bonchev–Trinajstić information content (AvgIpc) is 2.81. The first kappa shape index (κ1) is 19.3. The van der Waals surface area contributed by atoms with Crippen molar-refractivity contribution in [3.63, 3.8) is 0 Å². The fraction of sp³-hybridized carbons (Fsp3) is 0.0357. The minimum atomic E-state index is -0.0611. The lowest BCUT2D eigenvalue weighted by Gasteiger charge is -2.21. The molecule has 0 aliphatic heterocycles. The van der Waals surface area contributed by atoms with E-state index in [1.54, 1.807) is 6.07 Å². The highest BCUT2D eigenvalue weighted by Crippen LogP contribution is 2.38. The van der Waals surface area contributed by atoms with Crippen molar-refractivity contribution in [2.24, 2.45) is 0 Å². The lowest BCUT2D eigenvalue weighted by atomic mass is 9.93.